The van der Waals surface area contributed by atoms with Gasteiger partial charge in [-0.05, 0) is 34.3 Å². The molecule has 0 aromatic carbocycles. The Morgan fingerprint density at radius 1 is 1.50 bits per heavy atom. The Labute approximate surface area is 125 Å². The van der Waals surface area contributed by atoms with Crippen LogP contribution in [0.15, 0.2) is 22.9 Å². The third-order valence-electron chi connectivity index (χ3n) is 3.31. The zero-order valence-corrected chi connectivity index (χ0v) is 12.6. The van der Waals surface area contributed by atoms with Crippen molar-refractivity contribution in [2.45, 2.75) is 13.3 Å². The van der Waals surface area contributed by atoms with E-state index in [0.29, 0.717) is 23.1 Å². The Kier molecular flexibility index (Phi) is 4.59. The van der Waals surface area contributed by atoms with Crippen molar-refractivity contribution < 1.29 is 14.7 Å². The van der Waals surface area contributed by atoms with Crippen LogP contribution < -0.4 is 5.32 Å². The van der Waals surface area contributed by atoms with Crippen molar-refractivity contribution in [1.82, 2.24) is 9.88 Å². The van der Waals surface area contributed by atoms with Gasteiger partial charge in [-0.2, -0.15) is 0 Å². The molecule has 1 aromatic heterocycles. The second kappa shape index (κ2) is 6.21. The van der Waals surface area contributed by atoms with E-state index in [0.717, 1.165) is 0 Å². The standard InChI is InChI=1S/C13H16BrN3O3/c1-8-4-9(12(18)19)7-17(6-8)13(20)16-11-2-3-15-5-10(11)14/h2-3,5,8-9H,4,6-7H2,1H3,(H,18,19)(H,15,16,20). The van der Waals surface area contributed by atoms with Gasteiger partial charge in [0.2, 0.25) is 0 Å². The molecule has 1 fully saturated rings. The van der Waals surface area contributed by atoms with E-state index in [1.165, 1.54) is 0 Å². The molecule has 0 spiro atoms. The molecule has 0 aliphatic carbocycles. The molecule has 0 bridgehead atoms. The summed E-state index contributed by atoms with van der Waals surface area (Å²) in [5, 5.41) is 11.9. The van der Waals surface area contributed by atoms with Crippen molar-refractivity contribution in [3.8, 4) is 0 Å². The summed E-state index contributed by atoms with van der Waals surface area (Å²) < 4.78 is 0.688. The summed E-state index contributed by atoms with van der Waals surface area (Å²) in [4.78, 5) is 28.8. The first-order chi connectivity index (χ1) is 9.47. The van der Waals surface area contributed by atoms with Crippen LogP contribution in [0.3, 0.4) is 0 Å². The number of hydrogen-bond acceptors (Lipinski definition) is 3. The van der Waals surface area contributed by atoms with Gasteiger partial charge in [0.15, 0.2) is 0 Å². The third kappa shape index (κ3) is 3.47. The quantitative estimate of drug-likeness (QED) is 0.865. The zero-order valence-electron chi connectivity index (χ0n) is 11.0. The number of carboxylic acid groups (broad SMARTS) is 1. The minimum atomic E-state index is -0.848. The lowest BCUT2D eigenvalue weighted by molar-refractivity contribution is -0.143. The second-order valence-electron chi connectivity index (χ2n) is 5.07. The number of rotatable bonds is 2. The Morgan fingerprint density at radius 2 is 2.25 bits per heavy atom. The van der Waals surface area contributed by atoms with Crippen LogP contribution in [-0.2, 0) is 4.79 Å². The van der Waals surface area contributed by atoms with Crippen LogP contribution in [0.25, 0.3) is 0 Å². The molecule has 2 heterocycles. The van der Waals surface area contributed by atoms with Gasteiger partial charge in [0.05, 0.1) is 16.1 Å². The van der Waals surface area contributed by atoms with Gasteiger partial charge < -0.3 is 15.3 Å². The summed E-state index contributed by atoms with van der Waals surface area (Å²) in [6.07, 6.45) is 3.78. The summed E-state index contributed by atoms with van der Waals surface area (Å²) in [7, 11) is 0. The molecular weight excluding hydrogens is 326 g/mol. The van der Waals surface area contributed by atoms with Crippen molar-refractivity contribution in [2.75, 3.05) is 18.4 Å². The van der Waals surface area contributed by atoms with Gasteiger partial charge in [-0.3, -0.25) is 9.78 Å². The highest BCUT2D eigenvalue weighted by molar-refractivity contribution is 9.10. The average molecular weight is 342 g/mol. The Balaban J connectivity index is 2.05. The maximum atomic E-state index is 12.2. The fourth-order valence-corrected chi connectivity index (χ4v) is 2.72. The Bertz CT molecular complexity index is 523. The molecule has 2 rings (SSSR count). The summed E-state index contributed by atoms with van der Waals surface area (Å²) in [6, 6.07) is 1.40. The minimum absolute atomic E-state index is 0.177. The summed E-state index contributed by atoms with van der Waals surface area (Å²) in [5.41, 5.74) is 0.620. The fourth-order valence-electron chi connectivity index (χ4n) is 2.37. The van der Waals surface area contributed by atoms with Gasteiger partial charge in [0, 0.05) is 25.5 Å². The summed E-state index contributed by atoms with van der Waals surface area (Å²) in [6.45, 7) is 2.77. The first kappa shape index (κ1) is 14.8. The number of nitrogens with zero attached hydrogens (tertiary/aromatic N) is 2. The number of likely N-dealkylation sites (tertiary alicyclic amines) is 1. The number of nitrogens with one attached hydrogen (secondary N) is 1. The maximum Gasteiger partial charge on any atom is 0.321 e. The molecule has 1 aromatic rings. The Morgan fingerprint density at radius 3 is 2.90 bits per heavy atom. The topological polar surface area (TPSA) is 82.5 Å². The van der Waals surface area contributed by atoms with Crippen LogP contribution in [0.5, 0.6) is 0 Å². The van der Waals surface area contributed by atoms with E-state index >= 15 is 0 Å². The molecule has 108 valence electrons. The summed E-state index contributed by atoms with van der Waals surface area (Å²) >= 11 is 3.31. The van der Waals surface area contributed by atoms with Crippen LogP contribution in [0.2, 0.25) is 0 Å². The predicted molar refractivity (Wildman–Crippen MR) is 77.4 cm³/mol. The number of pyridine rings is 1. The fraction of sp³-hybridized carbons (Fsp3) is 0.462. The predicted octanol–water partition coefficient (Wildman–Crippen LogP) is 2.42. The highest BCUT2D eigenvalue weighted by Gasteiger charge is 2.31. The number of amides is 2. The molecule has 2 N–H and O–H groups in total. The lowest BCUT2D eigenvalue weighted by atomic mass is 9.91. The van der Waals surface area contributed by atoms with Crippen LogP contribution in [-0.4, -0.2) is 40.1 Å². The van der Waals surface area contributed by atoms with Crippen LogP contribution in [0.4, 0.5) is 10.5 Å². The van der Waals surface area contributed by atoms with E-state index in [1.54, 1.807) is 23.4 Å². The van der Waals surface area contributed by atoms with E-state index in [2.05, 4.69) is 26.2 Å². The van der Waals surface area contributed by atoms with Crippen molar-refractivity contribution in [2.24, 2.45) is 11.8 Å². The molecule has 1 aliphatic heterocycles. The first-order valence-corrected chi connectivity index (χ1v) is 7.15. The van der Waals surface area contributed by atoms with Crippen LogP contribution >= 0.6 is 15.9 Å². The molecule has 2 amide bonds. The van der Waals surface area contributed by atoms with E-state index < -0.39 is 11.9 Å². The number of carbonyl (C=O) groups is 2. The van der Waals surface area contributed by atoms with E-state index in [4.69, 9.17) is 5.11 Å². The molecule has 20 heavy (non-hydrogen) atoms. The van der Waals surface area contributed by atoms with Crippen molar-refractivity contribution in [1.29, 1.82) is 0 Å². The monoisotopic (exact) mass is 341 g/mol. The number of carboxylic acids is 1. The van der Waals surface area contributed by atoms with Gasteiger partial charge >= 0.3 is 12.0 Å². The molecule has 6 nitrogen and oxygen atoms in total. The number of aromatic nitrogens is 1. The Hall–Kier alpha value is -1.63. The molecule has 1 aliphatic rings. The van der Waals surface area contributed by atoms with Gasteiger partial charge in [0.25, 0.3) is 0 Å². The van der Waals surface area contributed by atoms with E-state index in [1.807, 2.05) is 6.92 Å². The number of halogens is 1. The van der Waals surface area contributed by atoms with Gasteiger partial charge in [0.1, 0.15) is 0 Å². The maximum absolute atomic E-state index is 12.2. The molecule has 0 saturated carbocycles. The zero-order chi connectivity index (χ0) is 14.7. The second-order valence-corrected chi connectivity index (χ2v) is 5.92. The number of anilines is 1. The molecule has 7 heteroatoms. The SMILES string of the molecule is CC1CC(C(=O)O)CN(C(=O)Nc2ccncc2Br)C1. The van der Waals surface area contributed by atoms with Crippen molar-refractivity contribution in [3.05, 3.63) is 22.9 Å². The molecule has 1 saturated heterocycles. The highest BCUT2D eigenvalue weighted by atomic mass is 79.9. The molecule has 2 unspecified atom stereocenters. The summed E-state index contributed by atoms with van der Waals surface area (Å²) in [5.74, 6) is -1.17. The van der Waals surface area contributed by atoms with Gasteiger partial charge in [-0.15, -0.1) is 0 Å². The number of piperidine rings is 1. The highest BCUT2D eigenvalue weighted by Crippen LogP contribution is 2.24. The molecule has 0 radical (unpaired) electrons. The normalized spacial score (nSPS) is 22.4. The lowest BCUT2D eigenvalue weighted by Gasteiger charge is -2.34. The average Bonchev–Trinajstić information content (AvgIpc) is 2.40. The van der Waals surface area contributed by atoms with E-state index in [-0.39, 0.29) is 18.5 Å². The molecular formula is C13H16BrN3O3. The van der Waals surface area contributed by atoms with Gasteiger partial charge in [-0.1, -0.05) is 6.92 Å². The number of aliphatic carboxylic acids is 1. The molecule has 2 atom stereocenters. The van der Waals surface area contributed by atoms with E-state index in [9.17, 15) is 9.59 Å². The van der Waals surface area contributed by atoms with Crippen molar-refractivity contribution >= 4 is 33.6 Å². The number of urea groups is 1. The van der Waals surface area contributed by atoms with Gasteiger partial charge in [-0.25, -0.2) is 4.79 Å². The third-order valence-corrected chi connectivity index (χ3v) is 3.94. The largest absolute Gasteiger partial charge is 0.481 e. The van der Waals surface area contributed by atoms with Crippen LogP contribution in [0, 0.1) is 11.8 Å². The first-order valence-electron chi connectivity index (χ1n) is 6.35. The lowest BCUT2D eigenvalue weighted by Crippen LogP contribution is -2.47. The number of hydrogen-bond donors (Lipinski definition) is 2. The minimum Gasteiger partial charge on any atom is -0.481 e. The number of carbonyl (C=O) groups excluding carboxylic acids is 1. The van der Waals surface area contributed by atoms with Crippen LogP contribution in [0.1, 0.15) is 13.3 Å². The van der Waals surface area contributed by atoms with Crippen molar-refractivity contribution in [3.63, 3.8) is 0 Å². The smallest absolute Gasteiger partial charge is 0.321 e.